The number of phenolic OH excluding ortho intramolecular Hbond substituents is 1. The summed E-state index contributed by atoms with van der Waals surface area (Å²) in [5, 5.41) is 17.1. The summed E-state index contributed by atoms with van der Waals surface area (Å²) in [6, 6.07) is 19.4. The lowest BCUT2D eigenvalue weighted by molar-refractivity contribution is 0.371. The second-order valence-corrected chi connectivity index (χ2v) is 9.75. The highest BCUT2D eigenvalue weighted by molar-refractivity contribution is 7.92. The second-order valence-electron chi connectivity index (χ2n) is 8.07. The average molecular weight is 468 g/mol. The van der Waals surface area contributed by atoms with E-state index in [0.717, 1.165) is 31.5 Å². The van der Waals surface area contributed by atoms with Crippen molar-refractivity contribution in [3.8, 4) is 11.5 Å². The van der Waals surface area contributed by atoms with E-state index in [4.69, 9.17) is 4.74 Å². The van der Waals surface area contributed by atoms with Crippen molar-refractivity contribution in [3.63, 3.8) is 0 Å². The molecule has 3 aromatic rings. The van der Waals surface area contributed by atoms with Gasteiger partial charge < -0.3 is 20.5 Å². The van der Waals surface area contributed by atoms with E-state index in [0.29, 0.717) is 35.2 Å². The number of sulfonamides is 1. The third kappa shape index (κ3) is 5.40. The molecule has 1 heterocycles. The average Bonchev–Trinajstić information content (AvgIpc) is 2.85. The molecule has 7 nitrogen and oxygen atoms in total. The van der Waals surface area contributed by atoms with E-state index in [1.54, 1.807) is 48.5 Å². The summed E-state index contributed by atoms with van der Waals surface area (Å²) in [6.07, 6.45) is 2.07. The molecule has 0 aliphatic carbocycles. The molecule has 0 unspecified atom stereocenters. The fourth-order valence-corrected chi connectivity index (χ4v) is 5.18. The zero-order valence-corrected chi connectivity index (χ0v) is 19.4. The lowest BCUT2D eigenvalue weighted by atomic mass is 9.90. The van der Waals surface area contributed by atoms with E-state index in [1.807, 2.05) is 18.2 Å². The third-order valence-electron chi connectivity index (χ3n) is 5.92. The molecule has 174 valence electrons. The Bertz CT molecular complexity index is 1190. The minimum atomic E-state index is -3.74. The molecule has 8 heteroatoms. The maximum atomic E-state index is 12.9. The molecule has 4 rings (SSSR count). The molecular weight excluding hydrogens is 438 g/mol. The monoisotopic (exact) mass is 467 g/mol. The number of rotatable bonds is 8. The van der Waals surface area contributed by atoms with E-state index >= 15 is 0 Å². The molecule has 3 aromatic carbocycles. The van der Waals surface area contributed by atoms with Crippen LogP contribution in [0.3, 0.4) is 0 Å². The van der Waals surface area contributed by atoms with Crippen molar-refractivity contribution < 1.29 is 18.3 Å². The number of methoxy groups -OCH3 is 1. The Hall–Kier alpha value is -3.23. The van der Waals surface area contributed by atoms with Gasteiger partial charge in [-0.2, -0.15) is 0 Å². The van der Waals surface area contributed by atoms with E-state index in [2.05, 4.69) is 15.4 Å². The number of para-hydroxylation sites is 1. The van der Waals surface area contributed by atoms with E-state index < -0.39 is 10.0 Å². The summed E-state index contributed by atoms with van der Waals surface area (Å²) in [4.78, 5) is 0.198. The summed E-state index contributed by atoms with van der Waals surface area (Å²) in [5.41, 5.74) is 2.93. The molecule has 0 radical (unpaired) electrons. The number of hydrogen-bond donors (Lipinski definition) is 4. The van der Waals surface area contributed by atoms with Crippen LogP contribution in [0.5, 0.6) is 11.5 Å². The van der Waals surface area contributed by atoms with Gasteiger partial charge in [-0.15, -0.1) is 0 Å². The van der Waals surface area contributed by atoms with Crippen molar-refractivity contribution in [3.05, 3.63) is 77.9 Å². The fourth-order valence-electron chi connectivity index (χ4n) is 4.08. The number of hydrogen-bond acceptors (Lipinski definition) is 6. The van der Waals surface area contributed by atoms with Gasteiger partial charge in [0.1, 0.15) is 0 Å². The minimum absolute atomic E-state index is 0.0634. The highest BCUT2D eigenvalue weighted by Gasteiger charge is 2.20. The number of ether oxygens (including phenoxy) is 1. The van der Waals surface area contributed by atoms with Gasteiger partial charge in [-0.3, -0.25) is 4.72 Å². The van der Waals surface area contributed by atoms with Gasteiger partial charge in [-0.1, -0.05) is 36.4 Å². The first-order valence-corrected chi connectivity index (χ1v) is 12.5. The Labute approximate surface area is 194 Å². The van der Waals surface area contributed by atoms with Crippen molar-refractivity contribution >= 4 is 21.4 Å². The molecule has 1 aliphatic rings. The standard InChI is InChI=1S/C25H29N3O4S/c1-32-24-9-5-6-20(25(24)29)17-27-23-16-19(18-12-14-26-15-13-18)10-11-22(23)28-33(30,31)21-7-3-2-4-8-21/h2-11,16,18,26-29H,12-15,17H2,1H3. The molecule has 1 fully saturated rings. The predicted octanol–water partition coefficient (Wildman–Crippen LogP) is 4.28. The fraction of sp³-hybridized carbons (Fsp3) is 0.280. The summed E-state index contributed by atoms with van der Waals surface area (Å²) in [6.45, 7) is 2.24. The van der Waals surface area contributed by atoms with Crippen molar-refractivity contribution in [2.45, 2.75) is 30.2 Å². The van der Waals surface area contributed by atoms with Gasteiger partial charge in [0, 0.05) is 12.1 Å². The topological polar surface area (TPSA) is 99.7 Å². The highest BCUT2D eigenvalue weighted by Crippen LogP contribution is 2.34. The van der Waals surface area contributed by atoms with Gasteiger partial charge in [0.15, 0.2) is 11.5 Å². The molecule has 1 saturated heterocycles. The SMILES string of the molecule is COc1cccc(CNc2cc(C3CCNCC3)ccc2NS(=O)(=O)c2ccccc2)c1O. The van der Waals surface area contributed by atoms with Crippen molar-refractivity contribution in [2.75, 3.05) is 30.2 Å². The molecule has 0 atom stereocenters. The number of nitrogens with one attached hydrogen (secondary N) is 3. The Balaban J connectivity index is 1.64. The lowest BCUT2D eigenvalue weighted by Crippen LogP contribution is -2.26. The smallest absolute Gasteiger partial charge is 0.261 e. The second kappa shape index (κ2) is 10.1. The summed E-state index contributed by atoms with van der Waals surface area (Å²) < 4.78 is 33.8. The van der Waals surface area contributed by atoms with Crippen LogP contribution in [-0.4, -0.2) is 33.7 Å². The van der Waals surface area contributed by atoms with E-state index in [9.17, 15) is 13.5 Å². The van der Waals surface area contributed by atoms with Gasteiger partial charge in [-0.05, 0) is 67.7 Å². The first-order chi connectivity index (χ1) is 16.0. The lowest BCUT2D eigenvalue weighted by Gasteiger charge is -2.24. The third-order valence-corrected chi connectivity index (χ3v) is 7.31. The van der Waals surface area contributed by atoms with Crippen LogP contribution in [0.4, 0.5) is 11.4 Å². The molecular formula is C25H29N3O4S. The number of aromatic hydroxyl groups is 1. The molecule has 1 aliphatic heterocycles. The van der Waals surface area contributed by atoms with Crippen molar-refractivity contribution in [2.24, 2.45) is 0 Å². The van der Waals surface area contributed by atoms with Crippen LogP contribution in [0.15, 0.2) is 71.6 Å². The first kappa shape index (κ1) is 22.9. The number of anilines is 2. The highest BCUT2D eigenvalue weighted by atomic mass is 32.2. The van der Waals surface area contributed by atoms with Crippen LogP contribution < -0.4 is 20.1 Å². The summed E-state index contributed by atoms with van der Waals surface area (Å²) in [5.74, 6) is 0.869. The van der Waals surface area contributed by atoms with Crippen LogP contribution in [0.25, 0.3) is 0 Å². The molecule has 0 amide bonds. The molecule has 0 aromatic heterocycles. The van der Waals surface area contributed by atoms with Crippen LogP contribution in [0.2, 0.25) is 0 Å². The van der Waals surface area contributed by atoms with Crippen LogP contribution in [0, 0.1) is 0 Å². The van der Waals surface area contributed by atoms with Gasteiger partial charge in [0.2, 0.25) is 0 Å². The van der Waals surface area contributed by atoms with Crippen molar-refractivity contribution in [1.29, 1.82) is 0 Å². The van der Waals surface area contributed by atoms with E-state index in [1.165, 1.54) is 7.11 Å². The van der Waals surface area contributed by atoms with Gasteiger partial charge in [0.05, 0.1) is 23.4 Å². The van der Waals surface area contributed by atoms with E-state index in [-0.39, 0.29) is 10.6 Å². The van der Waals surface area contributed by atoms with Gasteiger partial charge in [-0.25, -0.2) is 8.42 Å². The maximum Gasteiger partial charge on any atom is 0.261 e. The Morgan fingerprint density at radius 1 is 1.00 bits per heavy atom. The van der Waals surface area contributed by atoms with Crippen LogP contribution >= 0.6 is 0 Å². The predicted molar refractivity (Wildman–Crippen MR) is 131 cm³/mol. The Morgan fingerprint density at radius 3 is 2.48 bits per heavy atom. The van der Waals surface area contributed by atoms with Crippen LogP contribution in [-0.2, 0) is 16.6 Å². The Morgan fingerprint density at radius 2 is 1.76 bits per heavy atom. The maximum absolute atomic E-state index is 12.9. The first-order valence-electron chi connectivity index (χ1n) is 11.0. The summed E-state index contributed by atoms with van der Waals surface area (Å²) in [7, 11) is -2.24. The molecule has 0 spiro atoms. The molecule has 4 N–H and O–H groups in total. The largest absolute Gasteiger partial charge is 0.504 e. The molecule has 33 heavy (non-hydrogen) atoms. The number of benzene rings is 3. The zero-order valence-electron chi connectivity index (χ0n) is 18.5. The number of phenols is 1. The minimum Gasteiger partial charge on any atom is -0.504 e. The van der Waals surface area contributed by atoms with Crippen LogP contribution in [0.1, 0.15) is 29.9 Å². The molecule has 0 saturated carbocycles. The van der Waals surface area contributed by atoms with Crippen molar-refractivity contribution in [1.82, 2.24) is 5.32 Å². The summed E-state index contributed by atoms with van der Waals surface area (Å²) >= 11 is 0. The normalized spacial score (nSPS) is 14.6. The number of piperidine rings is 1. The molecule has 0 bridgehead atoms. The zero-order chi connectivity index (χ0) is 23.3. The van der Waals surface area contributed by atoms with Gasteiger partial charge in [0.25, 0.3) is 10.0 Å². The Kier molecular flexibility index (Phi) is 7.05. The quantitative estimate of drug-likeness (QED) is 0.395. The van der Waals surface area contributed by atoms with Gasteiger partial charge >= 0.3 is 0 Å².